The van der Waals surface area contributed by atoms with Gasteiger partial charge in [0.15, 0.2) is 0 Å². The Kier molecular flexibility index (Phi) is 2.46. The summed E-state index contributed by atoms with van der Waals surface area (Å²) < 4.78 is 9.52. The van der Waals surface area contributed by atoms with Crippen molar-refractivity contribution in [3.63, 3.8) is 0 Å². The molecule has 4 nitrogen and oxygen atoms in total. The zero-order valence-corrected chi connectivity index (χ0v) is 6.61. The molecule has 0 saturated carbocycles. The zero-order valence-electron chi connectivity index (χ0n) is 6.61. The topological polar surface area (TPSA) is 55.8 Å². The number of methoxy groups -OCH3 is 1. The van der Waals surface area contributed by atoms with E-state index in [2.05, 4.69) is 4.74 Å². The highest BCUT2D eigenvalue weighted by Crippen LogP contribution is 2.20. The summed E-state index contributed by atoms with van der Waals surface area (Å²) >= 11 is 0. The highest BCUT2D eigenvalue weighted by Gasteiger charge is 2.38. The van der Waals surface area contributed by atoms with Crippen molar-refractivity contribution < 1.29 is 19.4 Å². The minimum absolute atomic E-state index is 0.259. The summed E-state index contributed by atoms with van der Waals surface area (Å²) in [6.07, 6.45) is -0.985. The van der Waals surface area contributed by atoms with Crippen LogP contribution in [0.2, 0.25) is 0 Å². The molecule has 1 fully saturated rings. The molecule has 64 valence electrons. The van der Waals surface area contributed by atoms with Crippen molar-refractivity contribution in [1.82, 2.24) is 0 Å². The fraction of sp³-hybridized carbons (Fsp3) is 0.857. The Hall–Kier alpha value is -0.610. The third kappa shape index (κ3) is 1.52. The van der Waals surface area contributed by atoms with Crippen molar-refractivity contribution in [1.29, 1.82) is 0 Å². The van der Waals surface area contributed by atoms with Crippen molar-refractivity contribution in [3.05, 3.63) is 0 Å². The predicted molar refractivity (Wildman–Crippen MR) is 36.9 cm³/mol. The molecule has 1 heterocycles. The first-order chi connectivity index (χ1) is 5.16. The second-order valence-electron chi connectivity index (χ2n) is 2.66. The summed E-state index contributed by atoms with van der Waals surface area (Å²) in [6.45, 7) is 1.99. The number of ether oxygens (including phenoxy) is 2. The van der Waals surface area contributed by atoms with Crippen molar-refractivity contribution >= 4 is 5.97 Å². The first-order valence-electron chi connectivity index (χ1n) is 3.54. The molecule has 1 aliphatic rings. The Morgan fingerprint density at radius 3 is 2.73 bits per heavy atom. The van der Waals surface area contributed by atoms with Crippen LogP contribution in [-0.2, 0) is 14.3 Å². The number of aliphatic hydroxyl groups excluding tert-OH is 1. The molecule has 1 aliphatic heterocycles. The zero-order chi connectivity index (χ0) is 8.43. The van der Waals surface area contributed by atoms with E-state index in [1.54, 1.807) is 6.92 Å². The van der Waals surface area contributed by atoms with E-state index in [1.807, 2.05) is 0 Å². The lowest BCUT2D eigenvalue weighted by atomic mass is 10.0. The molecular weight excluding hydrogens is 148 g/mol. The minimum atomic E-state index is -0.720. The van der Waals surface area contributed by atoms with E-state index in [1.165, 1.54) is 7.11 Å². The predicted octanol–water partition coefficient (Wildman–Crippen LogP) is -0.445. The molecule has 11 heavy (non-hydrogen) atoms. The van der Waals surface area contributed by atoms with Crippen LogP contribution in [-0.4, -0.2) is 37.0 Å². The summed E-state index contributed by atoms with van der Waals surface area (Å²) in [4.78, 5) is 10.9. The Bertz CT molecular complexity index is 157. The molecule has 0 bridgehead atoms. The van der Waals surface area contributed by atoms with Gasteiger partial charge in [-0.05, 0) is 6.92 Å². The average molecular weight is 160 g/mol. The first-order valence-corrected chi connectivity index (χ1v) is 3.54. The summed E-state index contributed by atoms with van der Waals surface area (Å²) in [5.74, 6) is -0.906. The lowest BCUT2D eigenvalue weighted by Crippen LogP contribution is -2.30. The molecule has 0 amide bonds. The molecule has 0 spiro atoms. The number of esters is 1. The summed E-state index contributed by atoms with van der Waals surface area (Å²) in [6, 6.07) is 0. The number of hydrogen-bond acceptors (Lipinski definition) is 4. The van der Waals surface area contributed by atoms with Gasteiger partial charge in [-0.15, -0.1) is 0 Å². The van der Waals surface area contributed by atoms with E-state index in [9.17, 15) is 9.90 Å². The molecule has 1 rings (SSSR count). The standard InChI is InChI=1S/C7H12O4/c1-4-6(8)5(3-11-4)7(9)10-2/h4-6,8H,3H2,1-2H3/t4-,5-,6-/m1/s1. The highest BCUT2D eigenvalue weighted by molar-refractivity contribution is 5.73. The number of carbonyl (C=O) groups is 1. The molecular formula is C7H12O4. The van der Waals surface area contributed by atoms with Crippen LogP contribution in [0.3, 0.4) is 0 Å². The maximum absolute atomic E-state index is 10.9. The van der Waals surface area contributed by atoms with Gasteiger partial charge in [0.25, 0.3) is 0 Å². The molecule has 3 atom stereocenters. The lowest BCUT2D eigenvalue weighted by molar-refractivity contribution is -0.147. The third-order valence-corrected chi connectivity index (χ3v) is 1.94. The van der Waals surface area contributed by atoms with Crippen molar-refractivity contribution in [3.8, 4) is 0 Å². The maximum atomic E-state index is 10.9. The van der Waals surface area contributed by atoms with Crippen LogP contribution in [0, 0.1) is 5.92 Å². The van der Waals surface area contributed by atoms with Gasteiger partial charge < -0.3 is 14.6 Å². The number of hydrogen-bond donors (Lipinski definition) is 1. The Morgan fingerprint density at radius 2 is 2.36 bits per heavy atom. The Balaban J connectivity index is 2.54. The fourth-order valence-corrected chi connectivity index (χ4v) is 1.14. The average Bonchev–Trinajstić information content (AvgIpc) is 2.32. The van der Waals surface area contributed by atoms with Crippen LogP contribution < -0.4 is 0 Å². The second-order valence-corrected chi connectivity index (χ2v) is 2.66. The van der Waals surface area contributed by atoms with Crippen molar-refractivity contribution in [2.75, 3.05) is 13.7 Å². The van der Waals surface area contributed by atoms with Gasteiger partial charge in [0.2, 0.25) is 0 Å². The van der Waals surface area contributed by atoms with Crippen LogP contribution >= 0.6 is 0 Å². The Labute approximate surface area is 65.1 Å². The second kappa shape index (κ2) is 3.19. The monoisotopic (exact) mass is 160 g/mol. The van der Waals surface area contributed by atoms with Gasteiger partial charge in [-0.3, -0.25) is 4.79 Å². The van der Waals surface area contributed by atoms with E-state index in [4.69, 9.17) is 4.74 Å². The third-order valence-electron chi connectivity index (χ3n) is 1.94. The molecule has 0 aromatic rings. The maximum Gasteiger partial charge on any atom is 0.313 e. The van der Waals surface area contributed by atoms with Gasteiger partial charge in [-0.25, -0.2) is 0 Å². The van der Waals surface area contributed by atoms with Gasteiger partial charge in [0.1, 0.15) is 5.92 Å². The number of carbonyl (C=O) groups excluding carboxylic acids is 1. The SMILES string of the molecule is COC(=O)[C@@H]1CO[C@H](C)[C@H]1O. The molecule has 1 saturated heterocycles. The highest BCUT2D eigenvalue weighted by atomic mass is 16.5. The van der Waals surface area contributed by atoms with Crippen LogP contribution in [0.1, 0.15) is 6.92 Å². The van der Waals surface area contributed by atoms with E-state index >= 15 is 0 Å². The van der Waals surface area contributed by atoms with Gasteiger partial charge in [-0.2, -0.15) is 0 Å². The van der Waals surface area contributed by atoms with E-state index in [0.717, 1.165) is 0 Å². The molecule has 0 radical (unpaired) electrons. The number of rotatable bonds is 1. The van der Waals surface area contributed by atoms with Crippen LogP contribution in [0.15, 0.2) is 0 Å². The van der Waals surface area contributed by atoms with E-state index in [0.29, 0.717) is 0 Å². The smallest absolute Gasteiger partial charge is 0.313 e. The first kappa shape index (κ1) is 8.49. The molecule has 4 heteroatoms. The van der Waals surface area contributed by atoms with Crippen molar-refractivity contribution in [2.45, 2.75) is 19.1 Å². The van der Waals surface area contributed by atoms with Gasteiger partial charge in [0.05, 0.1) is 25.9 Å². The minimum Gasteiger partial charge on any atom is -0.469 e. The summed E-state index contributed by atoms with van der Waals surface area (Å²) in [5, 5.41) is 9.33. The van der Waals surface area contributed by atoms with Crippen LogP contribution in [0.4, 0.5) is 0 Å². The van der Waals surface area contributed by atoms with E-state index in [-0.39, 0.29) is 12.7 Å². The van der Waals surface area contributed by atoms with Crippen LogP contribution in [0.5, 0.6) is 0 Å². The van der Waals surface area contributed by atoms with Crippen molar-refractivity contribution in [2.24, 2.45) is 5.92 Å². The largest absolute Gasteiger partial charge is 0.469 e. The fourth-order valence-electron chi connectivity index (χ4n) is 1.14. The quantitative estimate of drug-likeness (QED) is 0.528. The molecule has 0 aromatic heterocycles. The van der Waals surface area contributed by atoms with Gasteiger partial charge in [-0.1, -0.05) is 0 Å². The Morgan fingerprint density at radius 1 is 1.73 bits per heavy atom. The summed E-state index contributed by atoms with van der Waals surface area (Å²) in [7, 11) is 1.30. The lowest BCUT2D eigenvalue weighted by Gasteiger charge is -2.11. The van der Waals surface area contributed by atoms with Gasteiger partial charge >= 0.3 is 5.97 Å². The molecule has 0 aliphatic carbocycles. The van der Waals surface area contributed by atoms with Gasteiger partial charge in [0, 0.05) is 0 Å². The molecule has 0 unspecified atom stereocenters. The molecule has 0 aromatic carbocycles. The molecule has 1 N–H and O–H groups in total. The normalized spacial score (nSPS) is 37.2. The summed E-state index contributed by atoms with van der Waals surface area (Å²) in [5.41, 5.74) is 0. The van der Waals surface area contributed by atoms with E-state index < -0.39 is 18.0 Å². The number of aliphatic hydroxyl groups is 1. The van der Waals surface area contributed by atoms with Crippen LogP contribution in [0.25, 0.3) is 0 Å².